The second kappa shape index (κ2) is 6.67. The fraction of sp³-hybridized carbons (Fsp3) is 0.250. The van der Waals surface area contributed by atoms with Crippen molar-refractivity contribution in [3.05, 3.63) is 61.3 Å². The van der Waals surface area contributed by atoms with E-state index in [0.29, 0.717) is 15.8 Å². The van der Waals surface area contributed by atoms with Crippen LogP contribution >= 0.6 is 43.5 Å². The fourth-order valence-electron chi connectivity index (χ4n) is 2.32. The van der Waals surface area contributed by atoms with Crippen LogP contribution in [0.5, 0.6) is 5.75 Å². The molecule has 2 aromatic carbocycles. The third kappa shape index (κ3) is 3.13. The molecule has 2 aromatic rings. The molecule has 0 fully saturated rings. The van der Waals surface area contributed by atoms with Gasteiger partial charge in [-0.2, -0.15) is 0 Å². The first kappa shape index (κ1) is 16.8. The summed E-state index contributed by atoms with van der Waals surface area (Å²) >= 11 is 13.3. The average molecular weight is 437 g/mol. The average Bonchev–Trinajstić information content (AvgIpc) is 2.44. The van der Waals surface area contributed by atoms with Gasteiger partial charge in [-0.05, 0) is 53.0 Å². The van der Waals surface area contributed by atoms with Crippen molar-refractivity contribution in [2.45, 2.75) is 19.2 Å². The Bertz CT molecular complexity index is 688. The Morgan fingerprint density at radius 2 is 1.86 bits per heavy atom. The minimum atomic E-state index is -0.631. The van der Waals surface area contributed by atoms with Gasteiger partial charge in [0.2, 0.25) is 0 Å². The summed E-state index contributed by atoms with van der Waals surface area (Å²) < 4.78 is 21.1. The molecule has 0 spiro atoms. The topological polar surface area (TPSA) is 9.23 Å². The van der Waals surface area contributed by atoms with Gasteiger partial charge in [0.25, 0.3) is 0 Å². The molecule has 0 aliphatic rings. The van der Waals surface area contributed by atoms with Gasteiger partial charge in [-0.3, -0.25) is 0 Å². The van der Waals surface area contributed by atoms with Gasteiger partial charge in [0, 0.05) is 15.6 Å². The third-order valence-electron chi connectivity index (χ3n) is 3.42. The van der Waals surface area contributed by atoms with Gasteiger partial charge in [-0.15, -0.1) is 11.6 Å². The highest BCUT2D eigenvalue weighted by molar-refractivity contribution is 9.10. The molecule has 1 nitrogen and oxygen atoms in total. The van der Waals surface area contributed by atoms with E-state index in [1.807, 2.05) is 19.9 Å². The van der Waals surface area contributed by atoms with Crippen molar-refractivity contribution in [3.63, 3.8) is 0 Å². The van der Waals surface area contributed by atoms with E-state index in [2.05, 4.69) is 31.9 Å². The number of aryl methyl sites for hydroxylation is 1. The SMILES string of the molecule is COc1c(C)cc(Br)c(C)c1C(Cl)c1cccc(Br)c1F. The van der Waals surface area contributed by atoms with Gasteiger partial charge in [0.1, 0.15) is 11.6 Å². The quantitative estimate of drug-likeness (QED) is 0.513. The minimum absolute atomic E-state index is 0.350. The summed E-state index contributed by atoms with van der Waals surface area (Å²) in [5.41, 5.74) is 3.09. The molecule has 21 heavy (non-hydrogen) atoms. The summed E-state index contributed by atoms with van der Waals surface area (Å²) in [5.74, 6) is 0.339. The number of ether oxygens (including phenoxy) is 1. The van der Waals surface area contributed by atoms with E-state index < -0.39 is 5.38 Å². The molecule has 0 saturated heterocycles. The monoisotopic (exact) mass is 434 g/mol. The summed E-state index contributed by atoms with van der Waals surface area (Å²) in [5, 5.41) is -0.631. The summed E-state index contributed by atoms with van der Waals surface area (Å²) in [4.78, 5) is 0. The Labute approximate surface area is 145 Å². The van der Waals surface area contributed by atoms with Gasteiger partial charge in [-0.25, -0.2) is 4.39 Å². The Morgan fingerprint density at radius 3 is 2.48 bits per heavy atom. The first-order valence-electron chi connectivity index (χ1n) is 6.30. The normalized spacial score (nSPS) is 12.3. The number of alkyl halides is 1. The molecule has 0 N–H and O–H groups in total. The molecule has 0 aromatic heterocycles. The molecule has 112 valence electrons. The highest BCUT2D eigenvalue weighted by Crippen LogP contribution is 2.43. The zero-order valence-corrected chi connectivity index (χ0v) is 15.7. The molecule has 5 heteroatoms. The van der Waals surface area contributed by atoms with Crippen molar-refractivity contribution in [2.24, 2.45) is 0 Å². The lowest BCUT2D eigenvalue weighted by atomic mass is 9.96. The molecule has 0 saturated carbocycles. The van der Waals surface area contributed by atoms with Crippen LogP contribution in [-0.4, -0.2) is 7.11 Å². The Kier molecular flexibility index (Phi) is 5.33. The van der Waals surface area contributed by atoms with Crippen molar-refractivity contribution in [3.8, 4) is 5.75 Å². The Hall–Kier alpha value is -0.580. The lowest BCUT2D eigenvalue weighted by molar-refractivity contribution is 0.406. The maximum Gasteiger partial charge on any atom is 0.142 e. The maximum absolute atomic E-state index is 14.3. The summed E-state index contributed by atoms with van der Waals surface area (Å²) in [7, 11) is 1.60. The number of halogens is 4. The predicted molar refractivity (Wildman–Crippen MR) is 92.0 cm³/mol. The van der Waals surface area contributed by atoms with E-state index in [-0.39, 0.29) is 5.82 Å². The number of hydrogen-bond donors (Lipinski definition) is 0. The molecule has 0 amide bonds. The largest absolute Gasteiger partial charge is 0.496 e. The van der Waals surface area contributed by atoms with Gasteiger partial charge < -0.3 is 4.74 Å². The molecule has 2 rings (SSSR count). The molecule has 1 unspecified atom stereocenters. The lowest BCUT2D eigenvalue weighted by Gasteiger charge is -2.21. The number of benzene rings is 2. The highest BCUT2D eigenvalue weighted by atomic mass is 79.9. The first-order valence-corrected chi connectivity index (χ1v) is 8.32. The molecule has 0 heterocycles. The molecule has 1 atom stereocenters. The summed E-state index contributed by atoms with van der Waals surface area (Å²) in [6, 6.07) is 7.08. The van der Waals surface area contributed by atoms with E-state index in [4.69, 9.17) is 16.3 Å². The van der Waals surface area contributed by atoms with Crippen LogP contribution in [0.4, 0.5) is 4.39 Å². The van der Waals surface area contributed by atoms with Crippen LogP contribution in [0.1, 0.15) is 27.6 Å². The summed E-state index contributed by atoms with van der Waals surface area (Å²) in [6.45, 7) is 3.88. The lowest BCUT2D eigenvalue weighted by Crippen LogP contribution is -2.05. The Morgan fingerprint density at radius 1 is 1.19 bits per heavy atom. The first-order chi connectivity index (χ1) is 9.88. The molecule has 0 aliphatic carbocycles. The second-order valence-corrected chi connectivity index (χ2v) is 6.90. The molecule has 0 aliphatic heterocycles. The van der Waals surface area contributed by atoms with Crippen LogP contribution in [0.15, 0.2) is 33.2 Å². The van der Waals surface area contributed by atoms with Crippen LogP contribution in [-0.2, 0) is 0 Å². The van der Waals surface area contributed by atoms with E-state index >= 15 is 0 Å². The van der Waals surface area contributed by atoms with Gasteiger partial charge in [0.05, 0.1) is 17.0 Å². The smallest absolute Gasteiger partial charge is 0.142 e. The molecule has 0 radical (unpaired) electrons. The number of hydrogen-bond acceptors (Lipinski definition) is 1. The van der Waals surface area contributed by atoms with Crippen LogP contribution in [0.2, 0.25) is 0 Å². The van der Waals surface area contributed by atoms with Gasteiger partial charge >= 0.3 is 0 Å². The minimum Gasteiger partial charge on any atom is -0.496 e. The summed E-state index contributed by atoms with van der Waals surface area (Å²) in [6.07, 6.45) is 0. The zero-order chi connectivity index (χ0) is 15.7. The second-order valence-electron chi connectivity index (χ2n) is 4.75. The maximum atomic E-state index is 14.3. The van der Waals surface area contributed by atoms with Crippen LogP contribution in [0, 0.1) is 19.7 Å². The van der Waals surface area contributed by atoms with E-state index in [1.165, 1.54) is 0 Å². The van der Waals surface area contributed by atoms with Crippen LogP contribution in [0.3, 0.4) is 0 Å². The Balaban J connectivity index is 2.68. The van der Waals surface area contributed by atoms with Crippen molar-refractivity contribution in [1.82, 2.24) is 0 Å². The third-order valence-corrected chi connectivity index (χ3v) is 5.31. The van der Waals surface area contributed by atoms with E-state index in [0.717, 1.165) is 21.2 Å². The fourth-order valence-corrected chi connectivity index (χ4v) is 3.69. The van der Waals surface area contributed by atoms with Gasteiger partial charge in [0.15, 0.2) is 0 Å². The van der Waals surface area contributed by atoms with Crippen LogP contribution < -0.4 is 4.74 Å². The molecular formula is C16H14Br2ClFO. The van der Waals surface area contributed by atoms with Crippen molar-refractivity contribution < 1.29 is 9.13 Å². The van der Waals surface area contributed by atoms with Gasteiger partial charge in [-0.1, -0.05) is 28.1 Å². The highest BCUT2D eigenvalue weighted by Gasteiger charge is 2.24. The number of rotatable bonds is 3. The molecule has 0 bridgehead atoms. The molecular weight excluding hydrogens is 422 g/mol. The zero-order valence-electron chi connectivity index (χ0n) is 11.8. The van der Waals surface area contributed by atoms with Crippen molar-refractivity contribution >= 4 is 43.5 Å². The van der Waals surface area contributed by atoms with Crippen molar-refractivity contribution in [1.29, 1.82) is 0 Å². The predicted octanol–water partition coefficient (Wildman–Crippen LogP) is 6.30. The van der Waals surface area contributed by atoms with E-state index in [1.54, 1.807) is 25.3 Å². The van der Waals surface area contributed by atoms with E-state index in [9.17, 15) is 4.39 Å². The van der Waals surface area contributed by atoms with Crippen molar-refractivity contribution in [2.75, 3.05) is 7.11 Å². The standard InChI is InChI=1S/C16H14Br2ClFO/c1-8-7-12(18)9(2)13(16(8)21-3)14(19)10-5-4-6-11(17)15(10)20/h4-7,14H,1-3H3. The number of methoxy groups -OCH3 is 1. The van der Waals surface area contributed by atoms with Crippen LogP contribution in [0.25, 0.3) is 0 Å².